The van der Waals surface area contributed by atoms with Crippen LogP contribution in [0.15, 0.2) is 18.2 Å². The normalized spacial score (nSPS) is 12.9. The van der Waals surface area contributed by atoms with E-state index in [1.54, 1.807) is 0 Å². The van der Waals surface area contributed by atoms with Gasteiger partial charge < -0.3 is 5.11 Å². The molecule has 0 saturated heterocycles. The second kappa shape index (κ2) is 4.80. The Morgan fingerprint density at radius 1 is 1.46 bits per heavy atom. The van der Waals surface area contributed by atoms with Crippen LogP contribution in [0.4, 0.5) is 4.39 Å². The summed E-state index contributed by atoms with van der Waals surface area (Å²) in [5, 5.41) is 9.64. The molecule has 0 aromatic heterocycles. The highest BCUT2D eigenvalue weighted by Crippen LogP contribution is 2.16. The summed E-state index contributed by atoms with van der Waals surface area (Å²) < 4.78 is 13.1. The van der Waals surface area contributed by atoms with Crippen LogP contribution in [0.1, 0.15) is 5.56 Å². The predicted molar refractivity (Wildman–Crippen MR) is 51.8 cm³/mol. The Morgan fingerprint density at radius 3 is 2.77 bits per heavy atom. The first-order valence-electron chi connectivity index (χ1n) is 3.81. The summed E-state index contributed by atoms with van der Waals surface area (Å²) in [6, 6.07) is 4.23. The second-order valence-corrected chi connectivity index (χ2v) is 3.49. The molecule has 0 amide bonds. The Morgan fingerprint density at radius 2 is 2.15 bits per heavy atom. The minimum absolute atomic E-state index is 0.0892. The summed E-state index contributed by atoms with van der Waals surface area (Å²) >= 11 is 11.1. The topological polar surface area (TPSA) is 20.2 Å². The molecule has 0 heterocycles. The molecule has 13 heavy (non-hydrogen) atoms. The Labute approximate surface area is 86.1 Å². The van der Waals surface area contributed by atoms with Gasteiger partial charge in [0, 0.05) is 17.3 Å². The lowest BCUT2D eigenvalue weighted by atomic mass is 10.1. The van der Waals surface area contributed by atoms with Crippen molar-refractivity contribution in [2.75, 3.05) is 5.88 Å². The van der Waals surface area contributed by atoms with Crippen LogP contribution in [0.2, 0.25) is 5.02 Å². The largest absolute Gasteiger partial charge is 0.392 e. The van der Waals surface area contributed by atoms with Crippen molar-refractivity contribution in [3.05, 3.63) is 34.6 Å². The lowest BCUT2D eigenvalue weighted by Crippen LogP contribution is -2.12. The van der Waals surface area contributed by atoms with Gasteiger partial charge in [0.25, 0.3) is 0 Å². The highest BCUT2D eigenvalue weighted by molar-refractivity contribution is 6.30. The van der Waals surface area contributed by atoms with E-state index in [9.17, 15) is 9.50 Å². The van der Waals surface area contributed by atoms with E-state index in [4.69, 9.17) is 23.2 Å². The minimum atomic E-state index is -0.727. The molecule has 1 rings (SSSR count). The smallest absolute Gasteiger partial charge is 0.126 e. The van der Waals surface area contributed by atoms with E-state index >= 15 is 0 Å². The highest BCUT2D eigenvalue weighted by atomic mass is 35.5. The monoisotopic (exact) mass is 222 g/mol. The van der Waals surface area contributed by atoms with Gasteiger partial charge in [-0.05, 0) is 23.8 Å². The van der Waals surface area contributed by atoms with E-state index in [1.807, 2.05) is 0 Å². The Bertz CT molecular complexity index is 291. The van der Waals surface area contributed by atoms with Gasteiger partial charge in [-0.2, -0.15) is 0 Å². The van der Waals surface area contributed by atoms with E-state index in [0.717, 1.165) is 0 Å². The van der Waals surface area contributed by atoms with Crippen LogP contribution in [0, 0.1) is 5.82 Å². The molecule has 72 valence electrons. The Hall–Kier alpha value is -0.310. The van der Waals surface area contributed by atoms with Gasteiger partial charge in [0.1, 0.15) is 5.82 Å². The van der Waals surface area contributed by atoms with Gasteiger partial charge in [-0.3, -0.25) is 0 Å². The van der Waals surface area contributed by atoms with Crippen molar-refractivity contribution in [2.24, 2.45) is 0 Å². The number of halogens is 3. The fourth-order valence-electron chi connectivity index (χ4n) is 1.01. The van der Waals surface area contributed by atoms with Crippen LogP contribution in [0.25, 0.3) is 0 Å². The fourth-order valence-corrected chi connectivity index (χ4v) is 1.31. The van der Waals surface area contributed by atoms with Gasteiger partial charge in [-0.1, -0.05) is 11.6 Å². The van der Waals surface area contributed by atoms with E-state index in [0.29, 0.717) is 10.6 Å². The standard InChI is InChI=1S/C9H9Cl2FO/c10-5-8(13)4-6-3-7(11)1-2-9(6)12/h1-3,8,13H,4-5H2/t8-/m1/s1. The molecule has 1 nitrogen and oxygen atoms in total. The van der Waals surface area contributed by atoms with Crippen LogP contribution >= 0.6 is 23.2 Å². The van der Waals surface area contributed by atoms with E-state index in [-0.39, 0.29) is 18.1 Å². The molecular formula is C9H9Cl2FO. The minimum Gasteiger partial charge on any atom is -0.392 e. The molecule has 1 aromatic rings. The molecule has 0 bridgehead atoms. The van der Waals surface area contributed by atoms with E-state index in [1.165, 1.54) is 18.2 Å². The summed E-state index contributed by atoms with van der Waals surface area (Å²) in [5.74, 6) is -0.278. The maximum Gasteiger partial charge on any atom is 0.126 e. The molecular weight excluding hydrogens is 214 g/mol. The van der Waals surface area contributed by atoms with Crippen molar-refractivity contribution in [1.82, 2.24) is 0 Å². The lowest BCUT2D eigenvalue weighted by Gasteiger charge is -2.07. The van der Waals surface area contributed by atoms with Crippen LogP contribution in [-0.4, -0.2) is 17.1 Å². The number of rotatable bonds is 3. The highest BCUT2D eigenvalue weighted by Gasteiger charge is 2.08. The van der Waals surface area contributed by atoms with Gasteiger partial charge in [-0.25, -0.2) is 4.39 Å². The number of hydrogen-bond donors (Lipinski definition) is 1. The predicted octanol–water partition coefficient (Wildman–Crippen LogP) is 2.62. The molecule has 1 atom stereocenters. The molecule has 0 radical (unpaired) electrons. The van der Waals surface area contributed by atoms with Crippen LogP contribution in [-0.2, 0) is 6.42 Å². The Kier molecular flexibility index (Phi) is 3.97. The number of aliphatic hydroxyl groups excluding tert-OH is 1. The quantitative estimate of drug-likeness (QED) is 0.781. The first kappa shape index (κ1) is 10.8. The third-order valence-corrected chi connectivity index (χ3v) is 2.23. The maximum atomic E-state index is 13.1. The van der Waals surface area contributed by atoms with Crippen molar-refractivity contribution in [1.29, 1.82) is 0 Å². The molecule has 0 spiro atoms. The van der Waals surface area contributed by atoms with Crippen molar-refractivity contribution in [2.45, 2.75) is 12.5 Å². The van der Waals surface area contributed by atoms with Crippen LogP contribution in [0.5, 0.6) is 0 Å². The number of alkyl halides is 1. The number of aliphatic hydroxyl groups is 1. The first-order valence-corrected chi connectivity index (χ1v) is 4.72. The number of benzene rings is 1. The molecule has 0 saturated carbocycles. The molecule has 4 heteroatoms. The zero-order chi connectivity index (χ0) is 9.84. The first-order chi connectivity index (χ1) is 6.13. The summed E-state index contributed by atoms with van der Waals surface area (Å²) in [4.78, 5) is 0. The third kappa shape index (κ3) is 3.14. The maximum absolute atomic E-state index is 13.1. The summed E-state index contributed by atoms with van der Waals surface area (Å²) in [5.41, 5.74) is 0.389. The van der Waals surface area contributed by atoms with Gasteiger partial charge >= 0.3 is 0 Å². The van der Waals surface area contributed by atoms with Crippen molar-refractivity contribution >= 4 is 23.2 Å². The number of hydrogen-bond acceptors (Lipinski definition) is 1. The van der Waals surface area contributed by atoms with Gasteiger partial charge in [0.05, 0.1) is 6.10 Å². The average Bonchev–Trinajstić information content (AvgIpc) is 2.11. The zero-order valence-electron chi connectivity index (χ0n) is 6.80. The van der Waals surface area contributed by atoms with Crippen molar-refractivity contribution < 1.29 is 9.50 Å². The fraction of sp³-hybridized carbons (Fsp3) is 0.333. The van der Waals surface area contributed by atoms with Gasteiger partial charge in [0.15, 0.2) is 0 Å². The summed E-state index contributed by atoms with van der Waals surface area (Å²) in [6.07, 6.45) is -0.537. The van der Waals surface area contributed by atoms with Gasteiger partial charge in [-0.15, -0.1) is 11.6 Å². The van der Waals surface area contributed by atoms with Crippen molar-refractivity contribution in [3.8, 4) is 0 Å². The summed E-state index contributed by atoms with van der Waals surface area (Å²) in [6.45, 7) is 0. The van der Waals surface area contributed by atoms with Crippen molar-refractivity contribution in [3.63, 3.8) is 0 Å². The Balaban J connectivity index is 2.81. The third-order valence-electron chi connectivity index (χ3n) is 1.64. The average molecular weight is 223 g/mol. The lowest BCUT2D eigenvalue weighted by molar-refractivity contribution is 0.197. The summed E-state index contributed by atoms with van der Waals surface area (Å²) in [7, 11) is 0. The van der Waals surface area contributed by atoms with Gasteiger partial charge in [0.2, 0.25) is 0 Å². The molecule has 1 N–H and O–H groups in total. The molecule has 0 aliphatic rings. The molecule has 1 aromatic carbocycles. The SMILES string of the molecule is O[C@@H](CCl)Cc1cc(Cl)ccc1F. The molecule has 0 aliphatic heterocycles. The second-order valence-electron chi connectivity index (χ2n) is 2.75. The van der Waals surface area contributed by atoms with Crippen LogP contribution < -0.4 is 0 Å². The van der Waals surface area contributed by atoms with Crippen LogP contribution in [0.3, 0.4) is 0 Å². The van der Waals surface area contributed by atoms with E-state index in [2.05, 4.69) is 0 Å². The molecule has 0 unspecified atom stereocenters. The molecule has 0 aliphatic carbocycles. The zero-order valence-corrected chi connectivity index (χ0v) is 8.32. The van der Waals surface area contributed by atoms with E-state index < -0.39 is 6.10 Å². The molecule has 0 fully saturated rings.